The average Bonchev–Trinajstić information content (AvgIpc) is 2.59. The average molecular weight is 181 g/mol. The van der Waals surface area contributed by atoms with Gasteiger partial charge < -0.3 is 9.47 Å². The van der Waals surface area contributed by atoms with Gasteiger partial charge in [0.1, 0.15) is 0 Å². The first-order valence-electron chi connectivity index (χ1n) is 4.36. The van der Waals surface area contributed by atoms with Crippen molar-refractivity contribution in [2.75, 3.05) is 13.2 Å². The first kappa shape index (κ1) is 8.56. The SMILES string of the molecule is [N-]=[N+]=N[C@H]1C=CC2(CC1)OCCO2. The van der Waals surface area contributed by atoms with Crippen molar-refractivity contribution in [3.05, 3.63) is 22.6 Å². The number of nitrogens with zero attached hydrogens (tertiary/aromatic N) is 3. The van der Waals surface area contributed by atoms with Crippen LogP contribution in [0, 0.1) is 0 Å². The molecular formula is C8H11N3O2. The summed E-state index contributed by atoms with van der Waals surface area (Å²) in [5.41, 5.74) is 8.24. The summed E-state index contributed by atoms with van der Waals surface area (Å²) in [6.45, 7) is 1.30. The fourth-order valence-electron chi connectivity index (χ4n) is 1.66. The second kappa shape index (κ2) is 3.38. The number of rotatable bonds is 1. The quantitative estimate of drug-likeness (QED) is 0.267. The fraction of sp³-hybridized carbons (Fsp3) is 0.750. The summed E-state index contributed by atoms with van der Waals surface area (Å²) >= 11 is 0. The molecule has 0 aromatic rings. The van der Waals surface area contributed by atoms with Crippen LogP contribution in [-0.4, -0.2) is 25.0 Å². The summed E-state index contributed by atoms with van der Waals surface area (Å²) in [6, 6.07) is -0.0385. The number of hydrogen-bond acceptors (Lipinski definition) is 3. The van der Waals surface area contributed by atoms with E-state index in [1.54, 1.807) is 0 Å². The van der Waals surface area contributed by atoms with Gasteiger partial charge in [0.15, 0.2) is 5.79 Å². The molecule has 2 rings (SSSR count). The Balaban J connectivity index is 2.06. The Hall–Kier alpha value is -1.03. The summed E-state index contributed by atoms with van der Waals surface area (Å²) in [5, 5.41) is 3.62. The van der Waals surface area contributed by atoms with Crippen molar-refractivity contribution in [2.24, 2.45) is 5.11 Å². The summed E-state index contributed by atoms with van der Waals surface area (Å²) in [5.74, 6) is -0.512. The van der Waals surface area contributed by atoms with E-state index in [-0.39, 0.29) is 6.04 Å². The maximum atomic E-state index is 8.24. The van der Waals surface area contributed by atoms with E-state index in [1.807, 2.05) is 12.2 Å². The van der Waals surface area contributed by atoms with Crippen LogP contribution in [0.15, 0.2) is 17.3 Å². The molecule has 70 valence electrons. The van der Waals surface area contributed by atoms with E-state index in [0.29, 0.717) is 13.2 Å². The van der Waals surface area contributed by atoms with Crippen LogP contribution in [0.2, 0.25) is 0 Å². The minimum absolute atomic E-state index is 0.0385. The molecule has 1 spiro atoms. The van der Waals surface area contributed by atoms with Crippen LogP contribution in [0.4, 0.5) is 0 Å². The Kier molecular flexibility index (Phi) is 2.22. The maximum Gasteiger partial charge on any atom is 0.188 e. The van der Waals surface area contributed by atoms with Crippen LogP contribution in [0.25, 0.3) is 10.4 Å². The molecule has 1 fully saturated rings. The molecule has 0 aromatic heterocycles. The van der Waals surface area contributed by atoms with E-state index in [9.17, 15) is 0 Å². The van der Waals surface area contributed by atoms with Crippen molar-refractivity contribution in [1.29, 1.82) is 0 Å². The molecule has 0 radical (unpaired) electrons. The van der Waals surface area contributed by atoms with E-state index in [4.69, 9.17) is 15.0 Å². The summed E-state index contributed by atoms with van der Waals surface area (Å²) in [4.78, 5) is 2.77. The molecule has 5 nitrogen and oxygen atoms in total. The van der Waals surface area contributed by atoms with Crippen molar-refractivity contribution >= 4 is 0 Å². The van der Waals surface area contributed by atoms with Crippen LogP contribution in [0.5, 0.6) is 0 Å². The third-order valence-corrected chi connectivity index (χ3v) is 2.34. The first-order valence-corrected chi connectivity index (χ1v) is 4.36. The molecule has 0 amide bonds. The molecule has 0 N–H and O–H groups in total. The van der Waals surface area contributed by atoms with Gasteiger partial charge in [0.05, 0.1) is 19.3 Å². The Morgan fingerprint density at radius 3 is 2.77 bits per heavy atom. The van der Waals surface area contributed by atoms with E-state index < -0.39 is 5.79 Å². The summed E-state index contributed by atoms with van der Waals surface area (Å²) < 4.78 is 10.9. The Morgan fingerprint density at radius 1 is 1.46 bits per heavy atom. The van der Waals surface area contributed by atoms with E-state index >= 15 is 0 Å². The topological polar surface area (TPSA) is 67.2 Å². The summed E-state index contributed by atoms with van der Waals surface area (Å²) in [6.07, 6.45) is 5.28. The highest BCUT2D eigenvalue weighted by atomic mass is 16.7. The van der Waals surface area contributed by atoms with Gasteiger partial charge in [-0.2, -0.15) is 0 Å². The molecule has 1 heterocycles. The van der Waals surface area contributed by atoms with E-state index in [0.717, 1.165) is 12.8 Å². The monoisotopic (exact) mass is 181 g/mol. The van der Waals surface area contributed by atoms with Crippen molar-refractivity contribution in [3.8, 4) is 0 Å². The highest BCUT2D eigenvalue weighted by molar-refractivity contribution is 5.08. The Bertz CT molecular complexity index is 265. The predicted molar refractivity (Wildman–Crippen MR) is 45.9 cm³/mol. The lowest BCUT2D eigenvalue weighted by Gasteiger charge is -2.28. The van der Waals surface area contributed by atoms with Gasteiger partial charge in [-0.05, 0) is 18.0 Å². The molecule has 0 saturated carbocycles. The molecule has 2 aliphatic rings. The second-order valence-electron chi connectivity index (χ2n) is 3.18. The van der Waals surface area contributed by atoms with Gasteiger partial charge in [-0.25, -0.2) is 0 Å². The van der Waals surface area contributed by atoms with Gasteiger partial charge in [0, 0.05) is 11.3 Å². The van der Waals surface area contributed by atoms with Gasteiger partial charge in [-0.15, -0.1) is 0 Å². The van der Waals surface area contributed by atoms with Crippen LogP contribution in [0.1, 0.15) is 12.8 Å². The summed E-state index contributed by atoms with van der Waals surface area (Å²) in [7, 11) is 0. The Morgan fingerprint density at radius 2 is 2.23 bits per heavy atom. The zero-order valence-corrected chi connectivity index (χ0v) is 7.22. The molecule has 0 bridgehead atoms. The minimum atomic E-state index is -0.512. The molecule has 1 atom stereocenters. The molecule has 1 saturated heterocycles. The lowest BCUT2D eigenvalue weighted by atomic mass is 9.98. The van der Waals surface area contributed by atoms with E-state index in [2.05, 4.69) is 10.0 Å². The van der Waals surface area contributed by atoms with Crippen molar-refractivity contribution in [1.82, 2.24) is 0 Å². The molecule has 1 aliphatic carbocycles. The molecular weight excluding hydrogens is 170 g/mol. The number of ether oxygens (including phenoxy) is 2. The van der Waals surface area contributed by atoms with Crippen molar-refractivity contribution in [2.45, 2.75) is 24.7 Å². The standard InChI is InChI=1S/C8H11N3O2/c9-11-10-7-1-3-8(4-2-7)12-5-6-13-8/h1,3,7H,2,4-6H2/t7-/m0/s1. The smallest absolute Gasteiger partial charge is 0.188 e. The van der Waals surface area contributed by atoms with Crippen LogP contribution in [-0.2, 0) is 9.47 Å². The van der Waals surface area contributed by atoms with E-state index in [1.165, 1.54) is 0 Å². The molecule has 13 heavy (non-hydrogen) atoms. The van der Waals surface area contributed by atoms with Gasteiger partial charge in [-0.3, -0.25) is 0 Å². The molecule has 0 aromatic carbocycles. The number of azide groups is 1. The normalized spacial score (nSPS) is 30.3. The van der Waals surface area contributed by atoms with Gasteiger partial charge >= 0.3 is 0 Å². The lowest BCUT2D eigenvalue weighted by Crippen LogP contribution is -2.31. The predicted octanol–water partition coefficient (Wildman–Crippen LogP) is 1.76. The highest BCUT2D eigenvalue weighted by Gasteiger charge is 2.36. The van der Waals surface area contributed by atoms with Gasteiger partial charge in [0.2, 0.25) is 0 Å². The fourth-order valence-corrected chi connectivity index (χ4v) is 1.66. The third kappa shape index (κ3) is 1.67. The van der Waals surface area contributed by atoms with Crippen LogP contribution >= 0.6 is 0 Å². The molecule has 0 unspecified atom stereocenters. The molecule has 5 heteroatoms. The Labute approximate surface area is 76.0 Å². The largest absolute Gasteiger partial charge is 0.344 e. The van der Waals surface area contributed by atoms with Gasteiger partial charge in [0.25, 0.3) is 0 Å². The zero-order chi connectivity index (χ0) is 9.15. The van der Waals surface area contributed by atoms with Gasteiger partial charge in [-0.1, -0.05) is 11.2 Å². The second-order valence-corrected chi connectivity index (χ2v) is 3.18. The van der Waals surface area contributed by atoms with Crippen LogP contribution < -0.4 is 0 Å². The third-order valence-electron chi connectivity index (χ3n) is 2.34. The van der Waals surface area contributed by atoms with Crippen molar-refractivity contribution in [3.63, 3.8) is 0 Å². The highest BCUT2D eigenvalue weighted by Crippen LogP contribution is 2.31. The lowest BCUT2D eigenvalue weighted by molar-refractivity contribution is -0.125. The number of hydrogen-bond donors (Lipinski definition) is 0. The minimum Gasteiger partial charge on any atom is -0.344 e. The van der Waals surface area contributed by atoms with Crippen LogP contribution in [0.3, 0.4) is 0 Å². The maximum absolute atomic E-state index is 8.24. The molecule has 1 aliphatic heterocycles. The zero-order valence-electron chi connectivity index (χ0n) is 7.22. The first-order chi connectivity index (χ1) is 6.35. The van der Waals surface area contributed by atoms with Crippen molar-refractivity contribution < 1.29 is 9.47 Å².